The van der Waals surface area contributed by atoms with Crippen LogP contribution in [0.3, 0.4) is 0 Å². The van der Waals surface area contributed by atoms with Gasteiger partial charge in [-0.05, 0) is 12.8 Å². The highest BCUT2D eigenvalue weighted by atomic mass is 16.5. The average molecular weight is 188 g/mol. The summed E-state index contributed by atoms with van der Waals surface area (Å²) in [6.45, 7) is 0.0638. The van der Waals surface area contributed by atoms with E-state index in [2.05, 4.69) is 5.32 Å². The number of carboxylic acids is 1. The molecule has 1 amide bonds. The molecule has 0 spiro atoms. The minimum atomic E-state index is -1.09. The highest BCUT2D eigenvalue weighted by Gasteiger charge is 2.29. The fraction of sp³-hybridized carbons (Fsp3) is 0.714. The van der Waals surface area contributed by atoms with Crippen molar-refractivity contribution in [3.8, 4) is 0 Å². The predicted molar refractivity (Wildman–Crippen MR) is 42.2 cm³/mol. The van der Waals surface area contributed by atoms with Crippen molar-refractivity contribution < 1.29 is 19.9 Å². The van der Waals surface area contributed by atoms with E-state index in [0.29, 0.717) is 13.0 Å². The molecule has 0 aliphatic carbocycles. The molecule has 74 valence electrons. The van der Waals surface area contributed by atoms with Gasteiger partial charge in [0.05, 0.1) is 0 Å². The van der Waals surface area contributed by atoms with Crippen molar-refractivity contribution in [2.75, 3.05) is 13.1 Å². The molecule has 1 saturated heterocycles. The van der Waals surface area contributed by atoms with Crippen molar-refractivity contribution in [1.29, 1.82) is 0 Å². The molecule has 1 unspecified atom stereocenters. The number of carbonyl (C=O) groups excluding carboxylic acids is 1. The molecule has 6 heteroatoms. The normalized spacial score (nSPS) is 23.0. The lowest BCUT2D eigenvalue weighted by Gasteiger charge is -2.15. The lowest BCUT2D eigenvalue weighted by Crippen LogP contribution is -2.43. The van der Waals surface area contributed by atoms with Gasteiger partial charge in [-0.1, -0.05) is 0 Å². The molecule has 0 bridgehead atoms. The molecule has 0 aromatic carbocycles. The van der Waals surface area contributed by atoms with Gasteiger partial charge in [-0.25, -0.2) is 0 Å². The van der Waals surface area contributed by atoms with Crippen molar-refractivity contribution in [3.05, 3.63) is 0 Å². The number of nitrogens with zero attached hydrogens (tertiary/aromatic N) is 1. The lowest BCUT2D eigenvalue weighted by atomic mass is 10.2. The second-order valence-corrected chi connectivity index (χ2v) is 2.93. The fourth-order valence-electron chi connectivity index (χ4n) is 1.30. The van der Waals surface area contributed by atoms with Crippen LogP contribution in [0.1, 0.15) is 12.8 Å². The Balaban J connectivity index is 2.34. The zero-order valence-corrected chi connectivity index (χ0v) is 7.06. The van der Waals surface area contributed by atoms with Crippen LogP contribution in [-0.2, 0) is 9.59 Å². The average Bonchev–Trinajstić information content (AvgIpc) is 2.47. The number of carbonyl (C=O) groups is 2. The van der Waals surface area contributed by atoms with Gasteiger partial charge in [0.1, 0.15) is 12.6 Å². The summed E-state index contributed by atoms with van der Waals surface area (Å²) < 4.78 is 0. The summed E-state index contributed by atoms with van der Waals surface area (Å²) in [5.41, 5.74) is 0. The van der Waals surface area contributed by atoms with E-state index in [9.17, 15) is 9.59 Å². The Bertz CT molecular complexity index is 219. The van der Waals surface area contributed by atoms with Gasteiger partial charge < -0.3 is 15.6 Å². The van der Waals surface area contributed by atoms with E-state index >= 15 is 0 Å². The van der Waals surface area contributed by atoms with E-state index in [1.165, 1.54) is 0 Å². The first-order valence-corrected chi connectivity index (χ1v) is 4.06. The molecule has 1 aliphatic rings. The summed E-state index contributed by atoms with van der Waals surface area (Å²) in [6, 6.07) is -0.584. The molecule has 0 saturated carbocycles. The largest absolute Gasteiger partial charge is 0.480 e. The molecule has 0 aromatic rings. The number of nitrogens with one attached hydrogen (secondary N) is 1. The maximum Gasteiger partial charge on any atom is 0.322 e. The first-order chi connectivity index (χ1) is 6.11. The summed E-state index contributed by atoms with van der Waals surface area (Å²) in [5.74, 6) is -1.52. The van der Waals surface area contributed by atoms with Gasteiger partial charge in [0.2, 0.25) is 5.91 Å². The number of carboxylic acid groups (broad SMARTS) is 1. The summed E-state index contributed by atoms with van der Waals surface area (Å²) in [6.07, 6.45) is 1.32. The fourth-order valence-corrected chi connectivity index (χ4v) is 1.30. The van der Waals surface area contributed by atoms with Gasteiger partial charge in [0.15, 0.2) is 0 Å². The third kappa shape index (κ3) is 2.67. The van der Waals surface area contributed by atoms with Gasteiger partial charge in [-0.3, -0.25) is 9.59 Å². The molecule has 6 nitrogen and oxygen atoms in total. The maximum atomic E-state index is 11.2. The Kier molecular flexibility index (Phi) is 3.21. The van der Waals surface area contributed by atoms with Gasteiger partial charge in [0, 0.05) is 6.54 Å². The van der Waals surface area contributed by atoms with Crippen LogP contribution in [0.15, 0.2) is 0 Å². The van der Waals surface area contributed by atoms with Crippen molar-refractivity contribution in [3.63, 3.8) is 0 Å². The second kappa shape index (κ2) is 4.20. The van der Waals surface area contributed by atoms with Crippen LogP contribution < -0.4 is 5.32 Å². The molecule has 1 atom stereocenters. The van der Waals surface area contributed by atoms with Gasteiger partial charge in [0.25, 0.3) is 0 Å². The maximum absolute atomic E-state index is 11.2. The molecule has 1 fully saturated rings. The third-order valence-electron chi connectivity index (χ3n) is 1.94. The molecule has 3 N–H and O–H groups in total. The topological polar surface area (TPSA) is 89.9 Å². The molecular formula is C7H12N2O4. The van der Waals surface area contributed by atoms with E-state index in [-0.39, 0.29) is 0 Å². The zero-order valence-electron chi connectivity index (χ0n) is 7.06. The number of amides is 1. The van der Waals surface area contributed by atoms with Crippen LogP contribution >= 0.6 is 0 Å². The van der Waals surface area contributed by atoms with Crippen molar-refractivity contribution in [2.24, 2.45) is 0 Å². The zero-order chi connectivity index (χ0) is 9.84. The van der Waals surface area contributed by atoms with E-state index < -0.39 is 24.5 Å². The van der Waals surface area contributed by atoms with Gasteiger partial charge in [-0.15, -0.1) is 0 Å². The highest BCUT2D eigenvalue weighted by Crippen LogP contribution is 2.13. The van der Waals surface area contributed by atoms with Gasteiger partial charge >= 0.3 is 5.97 Å². The van der Waals surface area contributed by atoms with Crippen LogP contribution in [-0.4, -0.2) is 46.4 Å². The summed E-state index contributed by atoms with van der Waals surface area (Å²) in [5, 5.41) is 20.6. The smallest absolute Gasteiger partial charge is 0.322 e. The third-order valence-corrected chi connectivity index (χ3v) is 1.94. The lowest BCUT2D eigenvalue weighted by molar-refractivity contribution is -0.148. The number of hydroxylamine groups is 2. The molecule has 0 radical (unpaired) electrons. The SMILES string of the molecule is O=C(O)CNC(=O)C1CCCN1O. The van der Waals surface area contributed by atoms with E-state index in [1.54, 1.807) is 0 Å². The van der Waals surface area contributed by atoms with Crippen LogP contribution in [0.4, 0.5) is 0 Å². The Labute approximate surface area is 75.1 Å². The number of rotatable bonds is 3. The van der Waals surface area contributed by atoms with Crippen molar-refractivity contribution in [2.45, 2.75) is 18.9 Å². The molecule has 1 aliphatic heterocycles. The Morgan fingerprint density at radius 2 is 2.23 bits per heavy atom. The minimum Gasteiger partial charge on any atom is -0.480 e. The Hall–Kier alpha value is -1.14. The Morgan fingerprint density at radius 3 is 2.69 bits per heavy atom. The summed E-state index contributed by atoms with van der Waals surface area (Å²) >= 11 is 0. The molecule has 1 rings (SSSR count). The Morgan fingerprint density at radius 1 is 1.54 bits per heavy atom. The van der Waals surface area contributed by atoms with Crippen LogP contribution in [0, 0.1) is 0 Å². The number of aliphatic carboxylic acids is 1. The summed E-state index contributed by atoms with van der Waals surface area (Å²) in [4.78, 5) is 21.3. The standard InChI is InChI=1S/C7H12N2O4/c10-6(11)4-8-7(12)5-2-1-3-9(5)13/h5,13H,1-4H2,(H,8,12)(H,10,11). The number of hydrogen-bond acceptors (Lipinski definition) is 4. The van der Waals surface area contributed by atoms with Crippen LogP contribution in [0.2, 0.25) is 0 Å². The van der Waals surface area contributed by atoms with Crippen LogP contribution in [0.25, 0.3) is 0 Å². The molecule has 1 heterocycles. The minimum absolute atomic E-state index is 0.400. The van der Waals surface area contributed by atoms with Crippen molar-refractivity contribution in [1.82, 2.24) is 10.4 Å². The predicted octanol–water partition coefficient (Wildman–Crippen LogP) is -0.959. The monoisotopic (exact) mass is 188 g/mol. The quantitative estimate of drug-likeness (QED) is 0.530. The molecule has 0 aromatic heterocycles. The van der Waals surface area contributed by atoms with Gasteiger partial charge in [-0.2, -0.15) is 5.06 Å². The second-order valence-electron chi connectivity index (χ2n) is 2.93. The first-order valence-electron chi connectivity index (χ1n) is 4.06. The van der Waals surface area contributed by atoms with Crippen molar-refractivity contribution >= 4 is 11.9 Å². The van der Waals surface area contributed by atoms with E-state index in [1.807, 2.05) is 0 Å². The molecular weight excluding hydrogens is 176 g/mol. The molecule has 13 heavy (non-hydrogen) atoms. The van der Waals surface area contributed by atoms with E-state index in [4.69, 9.17) is 10.3 Å². The summed E-state index contributed by atoms with van der Waals surface area (Å²) in [7, 11) is 0. The van der Waals surface area contributed by atoms with Crippen LogP contribution in [0.5, 0.6) is 0 Å². The number of hydrogen-bond donors (Lipinski definition) is 3. The highest BCUT2D eigenvalue weighted by molar-refractivity contribution is 5.85. The van der Waals surface area contributed by atoms with E-state index in [0.717, 1.165) is 11.5 Å². The first kappa shape index (κ1) is 9.94.